The van der Waals surface area contributed by atoms with Crippen molar-refractivity contribution in [3.8, 4) is 0 Å². The average molecular weight is 289 g/mol. The smallest absolute Gasteiger partial charge is 0.248 e. The van der Waals surface area contributed by atoms with Gasteiger partial charge >= 0.3 is 0 Å². The van der Waals surface area contributed by atoms with E-state index in [1.165, 1.54) is 0 Å². The Morgan fingerprint density at radius 2 is 1.86 bits per heavy atom. The lowest BCUT2D eigenvalue weighted by Gasteiger charge is -2.27. The highest BCUT2D eigenvalue weighted by atomic mass is 16.5. The first-order valence-electron chi connectivity index (χ1n) is 7.45. The van der Waals surface area contributed by atoms with Gasteiger partial charge in [0.1, 0.15) is 11.6 Å². The van der Waals surface area contributed by atoms with Crippen molar-refractivity contribution in [1.82, 2.24) is 10.1 Å². The van der Waals surface area contributed by atoms with Gasteiger partial charge in [-0.15, -0.1) is 0 Å². The van der Waals surface area contributed by atoms with Gasteiger partial charge in [-0.2, -0.15) is 4.98 Å². The first-order chi connectivity index (χ1) is 10.2. The molecule has 0 bridgehead atoms. The number of hydrogen-bond acceptors (Lipinski definition) is 5. The van der Waals surface area contributed by atoms with Crippen LogP contribution in [0.1, 0.15) is 56.9 Å². The number of ether oxygens (including phenoxy) is 1. The minimum absolute atomic E-state index is 0.416. The molecule has 2 rings (SSSR count). The maximum absolute atomic E-state index is 6.19. The summed E-state index contributed by atoms with van der Waals surface area (Å²) in [5, 5.41) is 4.10. The number of rotatable bonds is 7. The quantitative estimate of drug-likeness (QED) is 0.847. The maximum atomic E-state index is 6.19. The highest BCUT2D eigenvalue weighted by Crippen LogP contribution is 2.32. The van der Waals surface area contributed by atoms with Crippen molar-refractivity contribution in [2.24, 2.45) is 5.73 Å². The van der Waals surface area contributed by atoms with Crippen molar-refractivity contribution < 1.29 is 9.26 Å². The van der Waals surface area contributed by atoms with Crippen molar-refractivity contribution in [2.45, 2.75) is 45.3 Å². The van der Waals surface area contributed by atoms with Crippen LogP contribution in [0.3, 0.4) is 0 Å². The highest BCUT2D eigenvalue weighted by Gasteiger charge is 2.35. The Kier molecular flexibility index (Phi) is 5.09. The fraction of sp³-hybridized carbons (Fsp3) is 0.500. The van der Waals surface area contributed by atoms with Gasteiger partial charge in [-0.3, -0.25) is 0 Å². The molecule has 0 aliphatic rings. The summed E-state index contributed by atoms with van der Waals surface area (Å²) in [7, 11) is 0. The second kappa shape index (κ2) is 6.83. The first kappa shape index (κ1) is 15.7. The molecule has 0 aliphatic heterocycles. The monoisotopic (exact) mass is 289 g/mol. The largest absolute Gasteiger partial charge is 0.367 e. The third-order valence-corrected chi connectivity index (χ3v) is 3.84. The van der Waals surface area contributed by atoms with Crippen LogP contribution in [-0.2, 0) is 10.3 Å². The van der Waals surface area contributed by atoms with Crippen LogP contribution in [0.5, 0.6) is 0 Å². The van der Waals surface area contributed by atoms with Gasteiger partial charge in [0.25, 0.3) is 0 Å². The SMILES string of the molecule is CCOC(CC)(CC)c1noc([C@H](N)c2ccccc2)n1. The summed E-state index contributed by atoms with van der Waals surface area (Å²) < 4.78 is 11.3. The molecule has 0 aliphatic carbocycles. The minimum Gasteiger partial charge on any atom is -0.367 e. The minimum atomic E-state index is -0.493. The van der Waals surface area contributed by atoms with Crippen LogP contribution in [0.15, 0.2) is 34.9 Å². The predicted octanol–water partition coefficient (Wildman–Crippen LogP) is 3.17. The molecule has 1 heterocycles. The van der Waals surface area contributed by atoms with Gasteiger partial charge < -0.3 is 15.0 Å². The third kappa shape index (κ3) is 3.14. The molecule has 0 saturated heterocycles. The number of nitrogens with zero attached hydrogens (tertiary/aromatic N) is 2. The van der Waals surface area contributed by atoms with E-state index in [0.717, 1.165) is 18.4 Å². The molecule has 21 heavy (non-hydrogen) atoms. The van der Waals surface area contributed by atoms with E-state index in [1.54, 1.807) is 0 Å². The van der Waals surface area contributed by atoms with Gasteiger partial charge in [0, 0.05) is 6.61 Å². The molecule has 1 aromatic carbocycles. The molecule has 0 unspecified atom stereocenters. The molecular formula is C16H23N3O2. The summed E-state index contributed by atoms with van der Waals surface area (Å²) >= 11 is 0. The van der Waals surface area contributed by atoms with Crippen molar-refractivity contribution in [3.05, 3.63) is 47.6 Å². The molecule has 0 amide bonds. The molecule has 5 heteroatoms. The summed E-state index contributed by atoms with van der Waals surface area (Å²) in [6, 6.07) is 9.31. The van der Waals surface area contributed by atoms with Crippen LogP contribution < -0.4 is 5.73 Å². The number of benzene rings is 1. The van der Waals surface area contributed by atoms with E-state index in [9.17, 15) is 0 Å². The third-order valence-electron chi connectivity index (χ3n) is 3.84. The lowest BCUT2D eigenvalue weighted by atomic mass is 9.96. The molecule has 0 fully saturated rings. The van der Waals surface area contributed by atoms with Crippen LogP contribution >= 0.6 is 0 Å². The predicted molar refractivity (Wildman–Crippen MR) is 80.7 cm³/mol. The molecular weight excluding hydrogens is 266 g/mol. The second-order valence-corrected chi connectivity index (χ2v) is 4.98. The Bertz CT molecular complexity index is 550. The number of hydrogen-bond donors (Lipinski definition) is 1. The summed E-state index contributed by atoms with van der Waals surface area (Å²) in [6.07, 6.45) is 1.58. The van der Waals surface area contributed by atoms with Crippen molar-refractivity contribution >= 4 is 0 Å². The Morgan fingerprint density at radius 3 is 2.43 bits per heavy atom. The van der Waals surface area contributed by atoms with Gasteiger partial charge in [0.15, 0.2) is 0 Å². The lowest BCUT2D eigenvalue weighted by Crippen LogP contribution is -2.30. The Balaban J connectivity index is 2.28. The van der Waals surface area contributed by atoms with E-state index in [0.29, 0.717) is 18.3 Å². The second-order valence-electron chi connectivity index (χ2n) is 4.98. The molecule has 114 valence electrons. The van der Waals surface area contributed by atoms with E-state index in [1.807, 2.05) is 37.3 Å². The van der Waals surface area contributed by atoms with Crippen LogP contribution in [0.2, 0.25) is 0 Å². The highest BCUT2D eigenvalue weighted by molar-refractivity contribution is 5.23. The zero-order valence-electron chi connectivity index (χ0n) is 12.9. The Morgan fingerprint density at radius 1 is 1.19 bits per heavy atom. The zero-order chi connectivity index (χ0) is 15.3. The molecule has 1 atom stereocenters. The van der Waals surface area contributed by atoms with E-state index >= 15 is 0 Å². The van der Waals surface area contributed by atoms with Gasteiger partial charge in [-0.25, -0.2) is 0 Å². The maximum Gasteiger partial charge on any atom is 0.248 e. The first-order valence-corrected chi connectivity index (χ1v) is 7.45. The van der Waals surface area contributed by atoms with E-state index < -0.39 is 11.6 Å². The molecule has 2 aromatic rings. The van der Waals surface area contributed by atoms with E-state index in [4.69, 9.17) is 15.0 Å². The fourth-order valence-electron chi connectivity index (χ4n) is 2.46. The van der Waals surface area contributed by atoms with Crippen LogP contribution in [0.25, 0.3) is 0 Å². The lowest BCUT2D eigenvalue weighted by molar-refractivity contribution is -0.0583. The van der Waals surface area contributed by atoms with Crippen molar-refractivity contribution in [3.63, 3.8) is 0 Å². The fourth-order valence-corrected chi connectivity index (χ4v) is 2.46. The van der Waals surface area contributed by atoms with Gasteiger partial charge in [0.05, 0.1) is 0 Å². The zero-order valence-corrected chi connectivity index (χ0v) is 12.9. The molecule has 1 aromatic heterocycles. The van der Waals surface area contributed by atoms with Crippen LogP contribution in [0, 0.1) is 0 Å². The summed E-state index contributed by atoms with van der Waals surface area (Å²) in [6.45, 7) is 6.70. The van der Waals surface area contributed by atoms with Crippen molar-refractivity contribution in [2.75, 3.05) is 6.61 Å². The average Bonchev–Trinajstić information content (AvgIpc) is 3.03. The summed E-state index contributed by atoms with van der Waals surface area (Å²) in [5.41, 5.74) is 6.65. The summed E-state index contributed by atoms with van der Waals surface area (Å²) in [5.74, 6) is 0.998. The topological polar surface area (TPSA) is 74.2 Å². The molecule has 5 nitrogen and oxygen atoms in total. The Hall–Kier alpha value is -1.72. The standard InChI is InChI=1S/C16H23N3O2/c1-4-16(5-2,20-6-3)15-18-14(21-19-15)13(17)12-10-8-7-9-11-12/h7-11,13H,4-6,17H2,1-3H3/t13-/m1/s1. The van der Waals surface area contributed by atoms with E-state index in [-0.39, 0.29) is 0 Å². The van der Waals surface area contributed by atoms with E-state index in [2.05, 4.69) is 24.0 Å². The van der Waals surface area contributed by atoms with Gasteiger partial charge in [0.2, 0.25) is 11.7 Å². The Labute approximate surface area is 125 Å². The normalized spacial score (nSPS) is 13.3. The van der Waals surface area contributed by atoms with Gasteiger partial charge in [-0.05, 0) is 25.3 Å². The molecule has 0 saturated carbocycles. The van der Waals surface area contributed by atoms with Gasteiger partial charge in [-0.1, -0.05) is 49.3 Å². The van der Waals surface area contributed by atoms with Crippen LogP contribution in [-0.4, -0.2) is 16.7 Å². The molecule has 2 N–H and O–H groups in total. The van der Waals surface area contributed by atoms with Crippen molar-refractivity contribution in [1.29, 1.82) is 0 Å². The molecule has 0 radical (unpaired) electrons. The van der Waals surface area contributed by atoms with Crippen LogP contribution in [0.4, 0.5) is 0 Å². The summed E-state index contributed by atoms with van der Waals surface area (Å²) in [4.78, 5) is 4.49. The number of aromatic nitrogens is 2. The number of nitrogens with two attached hydrogens (primary N) is 1. The molecule has 0 spiro atoms.